The summed E-state index contributed by atoms with van der Waals surface area (Å²) in [6, 6.07) is 10.2. The first kappa shape index (κ1) is 30.3. The molecule has 7 rings (SSSR count). The molecule has 228 valence electrons. The largest absolute Gasteiger partial charge is 0.506 e. The molecule has 1 N–H and O–H groups in total. The third kappa shape index (κ3) is 5.87. The van der Waals surface area contributed by atoms with E-state index in [-0.39, 0.29) is 21.9 Å². The Morgan fingerprint density at radius 3 is 1.63 bits per heavy atom. The maximum Gasteiger partial charge on any atom is 0.276 e. The molecule has 0 radical (unpaired) electrons. The molecule has 43 heavy (non-hydrogen) atoms. The number of halogens is 4. The van der Waals surface area contributed by atoms with Crippen molar-refractivity contribution >= 4 is 46.4 Å². The van der Waals surface area contributed by atoms with Crippen molar-refractivity contribution in [2.45, 2.75) is 71.1 Å². The summed E-state index contributed by atoms with van der Waals surface area (Å²) in [6.07, 6.45) is 7.77. The van der Waals surface area contributed by atoms with Gasteiger partial charge in [-0.3, -0.25) is 19.0 Å². The number of benzene rings is 2. The molecule has 0 saturated heterocycles. The SMILES string of the molecule is O=c1c(-c2ccc(Cl)c(O)c2)c(Cl)n2n1CCCC2.O=c1c(-c2ccc(Cl)c(OCC3CCC3)c2)c(Cl)n2n1CCCC2. The highest BCUT2D eigenvalue weighted by atomic mass is 35.5. The van der Waals surface area contributed by atoms with E-state index in [2.05, 4.69) is 0 Å². The summed E-state index contributed by atoms with van der Waals surface area (Å²) in [5.41, 5.74) is 2.18. The van der Waals surface area contributed by atoms with Gasteiger partial charge >= 0.3 is 0 Å². The minimum absolute atomic E-state index is 0.0352. The lowest BCUT2D eigenvalue weighted by Crippen LogP contribution is -2.27. The lowest BCUT2D eigenvalue weighted by Gasteiger charge is -2.25. The summed E-state index contributed by atoms with van der Waals surface area (Å²) in [6.45, 7) is 3.61. The van der Waals surface area contributed by atoms with Crippen molar-refractivity contribution in [1.29, 1.82) is 0 Å². The van der Waals surface area contributed by atoms with Crippen LogP contribution in [0.1, 0.15) is 44.9 Å². The Hall–Kier alpha value is -2.78. The second-order valence-electron chi connectivity index (χ2n) is 11.3. The fourth-order valence-electron chi connectivity index (χ4n) is 5.84. The second-order valence-corrected chi connectivity index (χ2v) is 12.8. The van der Waals surface area contributed by atoms with E-state index in [4.69, 9.17) is 51.1 Å². The first-order valence-corrected chi connectivity index (χ1v) is 16.2. The van der Waals surface area contributed by atoms with Gasteiger partial charge in [-0.25, -0.2) is 9.36 Å². The third-order valence-corrected chi connectivity index (χ3v) is 9.88. The van der Waals surface area contributed by atoms with E-state index in [1.807, 2.05) is 16.8 Å². The van der Waals surface area contributed by atoms with Crippen molar-refractivity contribution < 1.29 is 9.84 Å². The van der Waals surface area contributed by atoms with Crippen molar-refractivity contribution in [3.05, 3.63) is 77.5 Å². The van der Waals surface area contributed by atoms with Crippen LogP contribution in [0.3, 0.4) is 0 Å². The van der Waals surface area contributed by atoms with Gasteiger partial charge in [0, 0.05) is 26.2 Å². The number of nitrogens with zero attached hydrogens (tertiary/aromatic N) is 4. The molecule has 3 aliphatic rings. The molecule has 1 aliphatic carbocycles. The van der Waals surface area contributed by atoms with E-state index in [9.17, 15) is 14.7 Å². The van der Waals surface area contributed by atoms with Crippen LogP contribution in [0.4, 0.5) is 0 Å². The zero-order valence-electron chi connectivity index (χ0n) is 23.5. The standard InChI is InChI=1S/C18H20Cl2N2O2.C13H12Cl2N2O2/c19-14-7-6-13(10-15(14)24-11-12-4-3-5-12)16-17(20)21-8-1-2-9-22(21)18(16)23;14-9-4-3-8(7-10(9)18)11-12(15)16-5-1-2-6-17(16)13(11)19/h6-7,10,12H,1-5,8-9,11H2;3-4,7,18H,1-2,5-6H2. The van der Waals surface area contributed by atoms with Gasteiger partial charge < -0.3 is 9.84 Å². The Labute approximate surface area is 268 Å². The average Bonchev–Trinajstić information content (AvgIpc) is 3.39. The minimum Gasteiger partial charge on any atom is -0.506 e. The fourth-order valence-corrected chi connectivity index (χ4v) is 6.86. The number of phenolic OH excluding ortho intramolecular Hbond substituents is 1. The molecule has 4 heterocycles. The van der Waals surface area contributed by atoms with Gasteiger partial charge in [-0.05, 0) is 79.8 Å². The van der Waals surface area contributed by atoms with Crippen molar-refractivity contribution in [3.63, 3.8) is 0 Å². The smallest absolute Gasteiger partial charge is 0.276 e. The molecule has 2 aliphatic heterocycles. The molecule has 2 aromatic carbocycles. The van der Waals surface area contributed by atoms with E-state index < -0.39 is 0 Å². The predicted octanol–water partition coefficient (Wildman–Crippen LogP) is 7.72. The molecule has 0 atom stereocenters. The summed E-state index contributed by atoms with van der Waals surface area (Å²) in [4.78, 5) is 25.1. The lowest BCUT2D eigenvalue weighted by atomic mass is 9.86. The fraction of sp³-hybridized carbons (Fsp3) is 0.419. The number of ether oxygens (including phenoxy) is 1. The zero-order chi connectivity index (χ0) is 30.2. The van der Waals surface area contributed by atoms with Crippen LogP contribution in [0.25, 0.3) is 22.3 Å². The van der Waals surface area contributed by atoms with Crippen molar-refractivity contribution in [2.24, 2.45) is 5.92 Å². The molecule has 4 aromatic rings. The van der Waals surface area contributed by atoms with Crippen LogP contribution >= 0.6 is 46.4 Å². The Balaban J connectivity index is 0.000000157. The van der Waals surface area contributed by atoms with Crippen molar-refractivity contribution in [1.82, 2.24) is 18.7 Å². The summed E-state index contributed by atoms with van der Waals surface area (Å²) in [5.74, 6) is 1.20. The van der Waals surface area contributed by atoms with Gasteiger partial charge in [0.15, 0.2) is 0 Å². The van der Waals surface area contributed by atoms with Gasteiger partial charge in [0.05, 0.1) is 27.8 Å². The number of fused-ring (bicyclic) bond motifs is 2. The molecular weight excluding hydrogens is 634 g/mol. The highest BCUT2D eigenvalue weighted by molar-refractivity contribution is 6.33. The van der Waals surface area contributed by atoms with Gasteiger partial charge in [0.25, 0.3) is 11.1 Å². The van der Waals surface area contributed by atoms with Crippen LogP contribution in [0.5, 0.6) is 11.5 Å². The first-order chi connectivity index (χ1) is 20.7. The number of hydrogen-bond acceptors (Lipinski definition) is 4. The maximum absolute atomic E-state index is 12.7. The molecule has 1 fully saturated rings. The van der Waals surface area contributed by atoms with Gasteiger partial charge in [-0.15, -0.1) is 0 Å². The van der Waals surface area contributed by atoms with Crippen molar-refractivity contribution in [2.75, 3.05) is 6.61 Å². The summed E-state index contributed by atoms with van der Waals surface area (Å²) in [5, 5.41) is 11.4. The van der Waals surface area contributed by atoms with E-state index in [1.54, 1.807) is 32.2 Å². The first-order valence-electron chi connectivity index (χ1n) is 14.6. The Bertz CT molecular complexity index is 1780. The highest BCUT2D eigenvalue weighted by Gasteiger charge is 2.24. The third-order valence-electron chi connectivity index (χ3n) is 8.48. The number of hydrogen-bond donors (Lipinski definition) is 1. The van der Waals surface area contributed by atoms with Crippen LogP contribution in [0.15, 0.2) is 46.0 Å². The number of rotatable bonds is 5. The molecule has 12 heteroatoms. The molecule has 0 bridgehead atoms. The van der Waals surface area contributed by atoms with Gasteiger partial charge in [-0.1, -0.05) is 65.0 Å². The Kier molecular flexibility index (Phi) is 8.92. The quantitative estimate of drug-likeness (QED) is 0.237. The highest BCUT2D eigenvalue weighted by Crippen LogP contribution is 2.35. The van der Waals surface area contributed by atoms with Crippen LogP contribution < -0.4 is 15.9 Å². The predicted molar refractivity (Wildman–Crippen MR) is 171 cm³/mol. The summed E-state index contributed by atoms with van der Waals surface area (Å²) >= 11 is 24.8. The molecule has 2 aromatic heterocycles. The van der Waals surface area contributed by atoms with Crippen LogP contribution in [-0.4, -0.2) is 30.4 Å². The average molecular weight is 666 g/mol. The van der Waals surface area contributed by atoms with Gasteiger partial charge in [0.1, 0.15) is 21.8 Å². The minimum atomic E-state index is -0.119. The molecular formula is C31H32Cl4N4O4. The monoisotopic (exact) mass is 664 g/mol. The van der Waals surface area contributed by atoms with E-state index in [1.165, 1.54) is 25.3 Å². The van der Waals surface area contributed by atoms with E-state index >= 15 is 0 Å². The molecule has 0 amide bonds. The molecule has 1 saturated carbocycles. The number of aromatic nitrogens is 4. The van der Waals surface area contributed by atoms with Crippen LogP contribution in [-0.2, 0) is 26.2 Å². The summed E-state index contributed by atoms with van der Waals surface area (Å²) in [7, 11) is 0. The van der Waals surface area contributed by atoms with Crippen LogP contribution in [0.2, 0.25) is 20.4 Å². The molecule has 8 nitrogen and oxygen atoms in total. The van der Waals surface area contributed by atoms with E-state index in [0.717, 1.165) is 50.9 Å². The molecule has 0 spiro atoms. The van der Waals surface area contributed by atoms with Gasteiger partial charge in [-0.2, -0.15) is 0 Å². The topological polar surface area (TPSA) is 83.3 Å². The van der Waals surface area contributed by atoms with Crippen molar-refractivity contribution in [3.8, 4) is 33.8 Å². The number of aromatic hydroxyl groups is 1. The van der Waals surface area contributed by atoms with Crippen LogP contribution in [0, 0.1) is 5.92 Å². The molecule has 0 unspecified atom stereocenters. The number of phenols is 1. The summed E-state index contributed by atoms with van der Waals surface area (Å²) < 4.78 is 13.0. The van der Waals surface area contributed by atoms with Gasteiger partial charge in [0.2, 0.25) is 0 Å². The van der Waals surface area contributed by atoms with E-state index in [0.29, 0.717) is 56.8 Å². The maximum atomic E-state index is 12.7. The normalized spacial score (nSPS) is 16.1. The lowest BCUT2D eigenvalue weighted by molar-refractivity contribution is 0.181. The zero-order valence-corrected chi connectivity index (χ0v) is 26.5. The Morgan fingerprint density at radius 1 is 0.674 bits per heavy atom. The Morgan fingerprint density at radius 2 is 1.16 bits per heavy atom. The second kappa shape index (κ2) is 12.7.